The van der Waals surface area contributed by atoms with Crippen LogP contribution in [0.25, 0.3) is 0 Å². The predicted octanol–water partition coefficient (Wildman–Crippen LogP) is 4.21. The van der Waals surface area contributed by atoms with E-state index in [2.05, 4.69) is 23.6 Å². The van der Waals surface area contributed by atoms with Crippen LogP contribution in [0.5, 0.6) is 5.75 Å². The first-order valence-corrected chi connectivity index (χ1v) is 13.3. The summed E-state index contributed by atoms with van der Waals surface area (Å²) in [6, 6.07) is 7.98. The van der Waals surface area contributed by atoms with Crippen molar-refractivity contribution in [3.63, 3.8) is 0 Å². The molecule has 3 atom stereocenters. The van der Waals surface area contributed by atoms with Gasteiger partial charge in [-0.25, -0.2) is 4.39 Å². The van der Waals surface area contributed by atoms with Crippen LogP contribution < -0.4 is 4.74 Å². The van der Waals surface area contributed by atoms with Gasteiger partial charge in [0.25, 0.3) is 5.91 Å². The Labute approximate surface area is 198 Å². The number of nitrogens with zero attached hydrogens (tertiary/aromatic N) is 3. The summed E-state index contributed by atoms with van der Waals surface area (Å²) in [5.41, 5.74) is 0. The number of quaternary nitrogens is 1. The molecule has 1 amide bonds. The number of ether oxygens (including phenoxy) is 1. The second kappa shape index (κ2) is 9.53. The van der Waals surface area contributed by atoms with Gasteiger partial charge in [0.1, 0.15) is 18.1 Å². The number of halogens is 1. The first-order valence-electron chi connectivity index (χ1n) is 13.3. The van der Waals surface area contributed by atoms with Gasteiger partial charge in [-0.3, -0.25) is 9.69 Å². The highest BCUT2D eigenvalue weighted by molar-refractivity contribution is 5.81. The zero-order valence-electron chi connectivity index (χ0n) is 20.4. The van der Waals surface area contributed by atoms with Gasteiger partial charge < -0.3 is 14.1 Å². The van der Waals surface area contributed by atoms with Crippen LogP contribution in [0.3, 0.4) is 0 Å². The Morgan fingerprint density at radius 2 is 1.73 bits per heavy atom. The Balaban J connectivity index is 1.34. The van der Waals surface area contributed by atoms with Gasteiger partial charge in [-0.2, -0.15) is 0 Å². The van der Waals surface area contributed by atoms with Crippen molar-refractivity contribution in [3.05, 3.63) is 30.1 Å². The molecule has 0 bridgehead atoms. The summed E-state index contributed by atoms with van der Waals surface area (Å²) in [4.78, 5) is 18.9. The average molecular weight is 459 g/mol. The van der Waals surface area contributed by atoms with Gasteiger partial charge in [0.05, 0.1) is 18.5 Å². The van der Waals surface area contributed by atoms with E-state index in [1.165, 1.54) is 50.7 Å². The van der Waals surface area contributed by atoms with E-state index in [9.17, 15) is 9.18 Å². The second-order valence-electron chi connectivity index (χ2n) is 11.1. The lowest BCUT2D eigenvalue weighted by Crippen LogP contribution is -2.68. The van der Waals surface area contributed by atoms with E-state index >= 15 is 0 Å². The van der Waals surface area contributed by atoms with E-state index in [0.717, 1.165) is 56.1 Å². The van der Waals surface area contributed by atoms with Crippen LogP contribution in [-0.2, 0) is 4.79 Å². The highest BCUT2D eigenvalue weighted by atomic mass is 19.1. The van der Waals surface area contributed by atoms with Crippen LogP contribution in [0.1, 0.15) is 65.2 Å². The van der Waals surface area contributed by atoms with E-state index in [-0.39, 0.29) is 18.0 Å². The standard InChI is InChI=1S/C27H41FN3O2/c1-20(2)31(23-8-4-9-23)19-25(33-24-12-10-21(28)11-13-24)18-26(31)27(32)30-15-5-14-29(16-17-30)22-6-3-7-22/h10-13,20,22-23,25-26H,3-9,14-19H2,1-2H3/q+1/t25-,26+,31?/m0/s1. The number of likely N-dealkylation sites (tertiary alicyclic amines) is 1. The molecule has 2 aliphatic carbocycles. The smallest absolute Gasteiger partial charge is 0.281 e. The SMILES string of the molecule is CC(C)[N+]1(C2CCC2)C[C@@H](Oc2ccc(F)cc2)C[C@@H]1C(=O)N1CCCN(C2CCC2)CC1. The number of hydrogen-bond donors (Lipinski definition) is 0. The molecule has 2 heterocycles. The van der Waals surface area contributed by atoms with Gasteiger partial charge >= 0.3 is 0 Å². The number of carbonyl (C=O) groups excluding carboxylic acids is 1. The van der Waals surface area contributed by atoms with Crippen LogP contribution in [0, 0.1) is 5.82 Å². The van der Waals surface area contributed by atoms with Crippen molar-refractivity contribution in [2.24, 2.45) is 0 Å². The van der Waals surface area contributed by atoms with Crippen molar-refractivity contribution >= 4 is 5.91 Å². The second-order valence-corrected chi connectivity index (χ2v) is 11.1. The summed E-state index contributed by atoms with van der Waals surface area (Å²) in [6.45, 7) is 9.34. The highest BCUT2D eigenvalue weighted by Crippen LogP contribution is 2.43. The van der Waals surface area contributed by atoms with Gasteiger partial charge in [0, 0.05) is 32.2 Å². The normalized spacial score (nSPS) is 31.8. The summed E-state index contributed by atoms with van der Waals surface area (Å²) < 4.78 is 20.6. The van der Waals surface area contributed by atoms with Crippen LogP contribution in [-0.4, -0.2) is 83.2 Å². The fourth-order valence-corrected chi connectivity index (χ4v) is 6.85. The van der Waals surface area contributed by atoms with Crippen LogP contribution in [0.2, 0.25) is 0 Å². The number of benzene rings is 1. The largest absolute Gasteiger partial charge is 0.484 e. The maximum absolute atomic E-state index is 14.1. The zero-order chi connectivity index (χ0) is 23.0. The molecule has 0 spiro atoms. The molecule has 5 rings (SSSR count). The molecule has 2 saturated heterocycles. The Kier molecular flexibility index (Phi) is 6.67. The van der Waals surface area contributed by atoms with Crippen LogP contribution in [0.15, 0.2) is 24.3 Å². The summed E-state index contributed by atoms with van der Waals surface area (Å²) in [5.74, 6) is 0.799. The molecule has 1 aromatic rings. The zero-order valence-corrected chi connectivity index (χ0v) is 20.4. The van der Waals surface area contributed by atoms with E-state index < -0.39 is 0 Å². The molecule has 1 aromatic carbocycles. The molecular weight excluding hydrogens is 417 g/mol. The van der Waals surface area contributed by atoms with Gasteiger partial charge in [0.2, 0.25) is 0 Å². The van der Waals surface area contributed by atoms with E-state index in [4.69, 9.17) is 4.74 Å². The van der Waals surface area contributed by atoms with E-state index in [1.807, 2.05) is 0 Å². The third-order valence-electron chi connectivity index (χ3n) is 9.14. The summed E-state index contributed by atoms with van der Waals surface area (Å²) in [5, 5.41) is 0. The van der Waals surface area contributed by atoms with Gasteiger partial charge in [-0.15, -0.1) is 0 Å². The maximum Gasteiger partial charge on any atom is 0.281 e. The van der Waals surface area contributed by atoms with Crippen molar-refractivity contribution in [2.75, 3.05) is 32.7 Å². The number of hydrogen-bond acceptors (Lipinski definition) is 3. The van der Waals surface area contributed by atoms with Crippen LogP contribution >= 0.6 is 0 Å². The minimum absolute atomic E-state index is 0.00846. The van der Waals surface area contributed by atoms with Crippen LogP contribution in [0.4, 0.5) is 4.39 Å². The van der Waals surface area contributed by atoms with Crippen molar-refractivity contribution in [2.45, 2.75) is 95.5 Å². The first kappa shape index (κ1) is 23.1. The molecule has 0 radical (unpaired) electrons. The molecule has 2 saturated carbocycles. The van der Waals surface area contributed by atoms with E-state index in [0.29, 0.717) is 23.7 Å². The lowest BCUT2D eigenvalue weighted by molar-refractivity contribution is -0.979. The molecule has 33 heavy (non-hydrogen) atoms. The lowest BCUT2D eigenvalue weighted by Gasteiger charge is -2.52. The first-order chi connectivity index (χ1) is 16.0. The fraction of sp³-hybridized carbons (Fsp3) is 0.741. The average Bonchev–Trinajstić information content (AvgIpc) is 2.91. The summed E-state index contributed by atoms with van der Waals surface area (Å²) in [7, 11) is 0. The van der Waals surface area contributed by atoms with Crippen molar-refractivity contribution in [1.29, 1.82) is 0 Å². The van der Waals surface area contributed by atoms with Crippen molar-refractivity contribution < 1.29 is 18.4 Å². The molecule has 6 heteroatoms. The number of amides is 1. The third kappa shape index (κ3) is 4.41. The van der Waals surface area contributed by atoms with Gasteiger partial charge in [-0.1, -0.05) is 6.42 Å². The summed E-state index contributed by atoms with van der Waals surface area (Å²) in [6.07, 6.45) is 9.52. The Morgan fingerprint density at radius 3 is 2.33 bits per heavy atom. The third-order valence-corrected chi connectivity index (χ3v) is 9.14. The van der Waals surface area contributed by atoms with Gasteiger partial charge in [0.15, 0.2) is 12.1 Å². The minimum Gasteiger partial charge on any atom is -0.484 e. The quantitative estimate of drug-likeness (QED) is 0.599. The minimum atomic E-state index is -0.249. The predicted molar refractivity (Wildman–Crippen MR) is 128 cm³/mol. The monoisotopic (exact) mass is 458 g/mol. The molecule has 2 aliphatic heterocycles. The van der Waals surface area contributed by atoms with Crippen molar-refractivity contribution in [3.8, 4) is 5.75 Å². The molecule has 0 aromatic heterocycles. The molecule has 1 unspecified atom stereocenters. The lowest BCUT2D eigenvalue weighted by atomic mass is 9.86. The Hall–Kier alpha value is -1.66. The summed E-state index contributed by atoms with van der Waals surface area (Å²) >= 11 is 0. The van der Waals surface area contributed by atoms with Gasteiger partial charge in [-0.05, 0) is 76.6 Å². The fourth-order valence-electron chi connectivity index (χ4n) is 6.85. The highest BCUT2D eigenvalue weighted by Gasteiger charge is 2.59. The number of carbonyl (C=O) groups is 1. The molecule has 182 valence electrons. The van der Waals surface area contributed by atoms with Crippen molar-refractivity contribution in [1.82, 2.24) is 9.80 Å². The maximum atomic E-state index is 14.1. The Bertz CT molecular complexity index is 823. The molecule has 4 aliphatic rings. The molecule has 4 fully saturated rings. The Morgan fingerprint density at radius 1 is 1.00 bits per heavy atom. The van der Waals surface area contributed by atoms with E-state index in [1.54, 1.807) is 12.1 Å². The molecule has 5 nitrogen and oxygen atoms in total. The molecule has 0 N–H and O–H groups in total. The number of rotatable bonds is 6. The molecular formula is C27H41FN3O2+. The topological polar surface area (TPSA) is 32.8 Å².